The van der Waals surface area contributed by atoms with Gasteiger partial charge in [0.15, 0.2) is 0 Å². The van der Waals surface area contributed by atoms with Crippen molar-refractivity contribution in [1.82, 2.24) is 10.2 Å². The predicted octanol–water partition coefficient (Wildman–Crippen LogP) is 3.43. The van der Waals surface area contributed by atoms with Gasteiger partial charge in [-0.05, 0) is 49.8 Å². The van der Waals surface area contributed by atoms with Crippen molar-refractivity contribution in [1.29, 1.82) is 0 Å². The average Bonchev–Trinajstić information content (AvgIpc) is 2.93. The van der Waals surface area contributed by atoms with E-state index in [1.807, 2.05) is 25.5 Å². The fraction of sp³-hybridized carbons (Fsp3) is 0.267. The molecule has 0 spiro atoms. The third-order valence-corrected chi connectivity index (χ3v) is 4.28. The van der Waals surface area contributed by atoms with Crippen LogP contribution in [0.3, 0.4) is 0 Å². The fourth-order valence-corrected chi connectivity index (χ4v) is 2.96. The van der Waals surface area contributed by atoms with Crippen LogP contribution in [0.2, 0.25) is 5.02 Å². The normalized spacial score (nSPS) is 12.4. The number of hydrogen-bond acceptors (Lipinski definition) is 3. The van der Waals surface area contributed by atoms with Crippen LogP contribution in [-0.2, 0) is 0 Å². The van der Waals surface area contributed by atoms with Gasteiger partial charge in [0.25, 0.3) is 5.91 Å². The van der Waals surface area contributed by atoms with Crippen LogP contribution in [0.25, 0.3) is 0 Å². The monoisotopic (exact) mass is 308 g/mol. The highest BCUT2D eigenvalue weighted by molar-refractivity contribution is 7.10. The molecule has 5 heteroatoms. The van der Waals surface area contributed by atoms with Gasteiger partial charge in [0.2, 0.25) is 0 Å². The standard InChI is InChI=1S/C15H17ClN2OS/c1-18(2)13(14-4-3-9-20-14)10-17-15(19)11-5-7-12(16)8-6-11/h3-9,13H,10H2,1-2H3,(H,17,19). The van der Waals surface area contributed by atoms with Gasteiger partial charge in [0.1, 0.15) is 0 Å². The van der Waals surface area contributed by atoms with Crippen LogP contribution in [0.5, 0.6) is 0 Å². The van der Waals surface area contributed by atoms with Crippen LogP contribution in [0.15, 0.2) is 41.8 Å². The summed E-state index contributed by atoms with van der Waals surface area (Å²) in [5.41, 5.74) is 0.623. The molecule has 1 N–H and O–H groups in total. The minimum absolute atomic E-state index is 0.0786. The summed E-state index contributed by atoms with van der Waals surface area (Å²) < 4.78 is 0. The van der Waals surface area contributed by atoms with Crippen molar-refractivity contribution in [2.75, 3.05) is 20.6 Å². The van der Waals surface area contributed by atoms with Gasteiger partial charge < -0.3 is 10.2 Å². The average molecular weight is 309 g/mol. The number of carbonyl (C=O) groups excluding carboxylic acids is 1. The quantitative estimate of drug-likeness (QED) is 0.918. The van der Waals surface area contributed by atoms with Gasteiger partial charge in [0.05, 0.1) is 6.04 Å². The molecule has 0 fully saturated rings. The van der Waals surface area contributed by atoms with Crippen LogP contribution in [0.1, 0.15) is 21.3 Å². The number of hydrogen-bond donors (Lipinski definition) is 1. The summed E-state index contributed by atoms with van der Waals surface area (Å²) in [5, 5.41) is 5.65. The van der Waals surface area contributed by atoms with Crippen molar-refractivity contribution in [3.63, 3.8) is 0 Å². The molecule has 0 aliphatic carbocycles. The molecule has 2 rings (SSSR count). The molecule has 20 heavy (non-hydrogen) atoms. The Morgan fingerprint density at radius 1 is 1.30 bits per heavy atom. The summed E-state index contributed by atoms with van der Waals surface area (Å²) in [4.78, 5) is 15.4. The van der Waals surface area contributed by atoms with Crippen LogP contribution in [0.4, 0.5) is 0 Å². The first-order valence-electron chi connectivity index (χ1n) is 6.31. The van der Waals surface area contributed by atoms with E-state index in [9.17, 15) is 4.79 Å². The van der Waals surface area contributed by atoms with Gasteiger partial charge in [-0.1, -0.05) is 17.7 Å². The second-order valence-electron chi connectivity index (χ2n) is 4.71. The summed E-state index contributed by atoms with van der Waals surface area (Å²) >= 11 is 7.51. The molecule has 1 unspecified atom stereocenters. The number of likely N-dealkylation sites (N-methyl/N-ethyl adjacent to an activating group) is 1. The van der Waals surface area contributed by atoms with Gasteiger partial charge in [0, 0.05) is 22.0 Å². The molecule has 0 saturated heterocycles. The summed E-state index contributed by atoms with van der Waals surface area (Å²) in [6.07, 6.45) is 0. The first-order valence-corrected chi connectivity index (χ1v) is 7.57. The number of nitrogens with one attached hydrogen (secondary N) is 1. The zero-order valence-corrected chi connectivity index (χ0v) is 13.0. The lowest BCUT2D eigenvalue weighted by atomic mass is 10.2. The first kappa shape index (κ1) is 15.0. The Labute approximate surface area is 128 Å². The number of thiophene rings is 1. The molecule has 1 amide bonds. The molecule has 1 aromatic heterocycles. The lowest BCUT2D eigenvalue weighted by molar-refractivity contribution is 0.0942. The van der Waals surface area contributed by atoms with E-state index >= 15 is 0 Å². The lowest BCUT2D eigenvalue weighted by Crippen LogP contribution is -2.34. The van der Waals surface area contributed by atoms with Gasteiger partial charge in [-0.3, -0.25) is 4.79 Å². The van der Waals surface area contributed by atoms with E-state index in [2.05, 4.69) is 16.3 Å². The molecular weight excluding hydrogens is 292 g/mol. The SMILES string of the molecule is CN(C)C(CNC(=O)c1ccc(Cl)cc1)c1cccs1. The molecule has 0 saturated carbocycles. The zero-order valence-electron chi connectivity index (χ0n) is 11.5. The Kier molecular flexibility index (Phi) is 5.17. The zero-order chi connectivity index (χ0) is 14.5. The van der Waals surface area contributed by atoms with Crippen LogP contribution in [0, 0.1) is 0 Å². The minimum atomic E-state index is -0.0786. The van der Waals surface area contributed by atoms with Crippen molar-refractivity contribution >= 4 is 28.8 Å². The van der Waals surface area contributed by atoms with Gasteiger partial charge in [-0.25, -0.2) is 0 Å². The molecule has 0 radical (unpaired) electrons. The van der Waals surface area contributed by atoms with E-state index in [0.717, 1.165) is 0 Å². The Hall–Kier alpha value is -1.36. The minimum Gasteiger partial charge on any atom is -0.350 e. The number of halogens is 1. The number of benzene rings is 1. The van der Waals surface area contributed by atoms with Crippen molar-refractivity contribution in [3.8, 4) is 0 Å². The third kappa shape index (κ3) is 3.82. The van der Waals surface area contributed by atoms with Crippen molar-refractivity contribution in [2.45, 2.75) is 6.04 Å². The van der Waals surface area contributed by atoms with Crippen molar-refractivity contribution in [3.05, 3.63) is 57.2 Å². The maximum atomic E-state index is 12.1. The van der Waals surface area contributed by atoms with Gasteiger partial charge in [-0.15, -0.1) is 11.3 Å². The summed E-state index contributed by atoms with van der Waals surface area (Å²) in [6, 6.07) is 11.2. The largest absolute Gasteiger partial charge is 0.350 e. The Morgan fingerprint density at radius 3 is 2.55 bits per heavy atom. The topological polar surface area (TPSA) is 32.3 Å². The number of nitrogens with zero attached hydrogens (tertiary/aromatic N) is 1. The highest BCUT2D eigenvalue weighted by atomic mass is 35.5. The summed E-state index contributed by atoms with van der Waals surface area (Å²) in [7, 11) is 4.03. The highest BCUT2D eigenvalue weighted by Gasteiger charge is 2.16. The van der Waals surface area contributed by atoms with Crippen LogP contribution < -0.4 is 5.32 Å². The molecule has 3 nitrogen and oxygen atoms in total. The molecule has 2 aromatic rings. The molecule has 1 heterocycles. The van der Waals surface area contributed by atoms with E-state index in [4.69, 9.17) is 11.6 Å². The highest BCUT2D eigenvalue weighted by Crippen LogP contribution is 2.22. The number of carbonyl (C=O) groups is 1. The van der Waals surface area contributed by atoms with Gasteiger partial charge in [-0.2, -0.15) is 0 Å². The maximum absolute atomic E-state index is 12.1. The molecular formula is C15H17ClN2OS. The van der Waals surface area contributed by atoms with E-state index in [1.165, 1.54) is 4.88 Å². The lowest BCUT2D eigenvalue weighted by Gasteiger charge is -2.23. The molecule has 0 aliphatic rings. The molecule has 0 aliphatic heterocycles. The van der Waals surface area contributed by atoms with E-state index in [-0.39, 0.29) is 11.9 Å². The third-order valence-electron chi connectivity index (χ3n) is 3.06. The van der Waals surface area contributed by atoms with E-state index < -0.39 is 0 Å². The first-order chi connectivity index (χ1) is 9.58. The summed E-state index contributed by atoms with van der Waals surface area (Å²) in [6.45, 7) is 0.578. The van der Waals surface area contributed by atoms with E-state index in [1.54, 1.807) is 35.6 Å². The number of amides is 1. The fourth-order valence-electron chi connectivity index (χ4n) is 1.91. The molecule has 1 aromatic carbocycles. The molecule has 106 valence electrons. The second-order valence-corrected chi connectivity index (χ2v) is 6.13. The summed E-state index contributed by atoms with van der Waals surface area (Å²) in [5.74, 6) is -0.0786. The Balaban J connectivity index is 1.99. The molecule has 0 bridgehead atoms. The maximum Gasteiger partial charge on any atom is 0.251 e. The van der Waals surface area contributed by atoms with Crippen molar-refractivity contribution in [2.24, 2.45) is 0 Å². The Bertz CT molecular complexity index is 552. The van der Waals surface area contributed by atoms with Crippen LogP contribution in [-0.4, -0.2) is 31.4 Å². The van der Waals surface area contributed by atoms with E-state index in [0.29, 0.717) is 17.1 Å². The molecule has 1 atom stereocenters. The van der Waals surface area contributed by atoms with Crippen molar-refractivity contribution < 1.29 is 4.79 Å². The smallest absolute Gasteiger partial charge is 0.251 e. The second kappa shape index (κ2) is 6.88. The van der Waals surface area contributed by atoms with Crippen LogP contribution >= 0.6 is 22.9 Å². The Morgan fingerprint density at radius 2 is 2.00 bits per heavy atom. The predicted molar refractivity (Wildman–Crippen MR) is 84.5 cm³/mol. The van der Waals surface area contributed by atoms with Gasteiger partial charge >= 0.3 is 0 Å². The number of rotatable bonds is 5.